The Labute approximate surface area is 65.3 Å². The Bertz CT molecular complexity index is 166. The van der Waals surface area contributed by atoms with Gasteiger partial charge in [0.15, 0.2) is 0 Å². The maximum absolute atomic E-state index is 2.92. The molecule has 1 rings (SSSR count). The number of hydrogen-bond acceptors (Lipinski definition) is 0. The van der Waals surface area contributed by atoms with Gasteiger partial charge in [-0.15, -0.1) is 0 Å². The van der Waals surface area contributed by atoms with E-state index in [0.717, 1.165) is 0 Å². The van der Waals surface area contributed by atoms with Gasteiger partial charge in [0, 0.05) is 0 Å². The van der Waals surface area contributed by atoms with Gasteiger partial charge in [0.05, 0.1) is 0 Å². The summed E-state index contributed by atoms with van der Waals surface area (Å²) in [5.74, 6) is 0. The van der Waals surface area contributed by atoms with Crippen LogP contribution in [0.15, 0.2) is 24.3 Å². The predicted molar refractivity (Wildman–Crippen MR) is 37.2 cm³/mol. The second kappa shape index (κ2) is 2.70. The molecule has 0 aliphatic heterocycles. The molecule has 2 radical (unpaired) electrons. The zero-order valence-corrected chi connectivity index (χ0v) is 7.55. The van der Waals surface area contributed by atoms with Crippen molar-refractivity contribution in [1.29, 1.82) is 0 Å². The molecule has 0 nitrogen and oxygen atoms in total. The van der Waals surface area contributed by atoms with Crippen LogP contribution in [0.25, 0.3) is 0 Å². The molecule has 0 atom stereocenters. The third-order valence-electron chi connectivity index (χ3n) is 0.806. The first kappa shape index (κ1) is 6.38. The molecule has 1 aromatic rings. The Kier molecular flexibility index (Phi) is 2.15. The Morgan fingerprint density at radius 2 is 1.50 bits per heavy atom. The van der Waals surface area contributed by atoms with Gasteiger partial charge in [0.1, 0.15) is 0 Å². The summed E-state index contributed by atoms with van der Waals surface area (Å²) in [6.45, 7) is 0. The van der Waals surface area contributed by atoms with E-state index in [2.05, 4.69) is 38.1 Å². The Morgan fingerprint density at radius 1 is 1.00 bits per heavy atom. The zero-order chi connectivity index (χ0) is 5.98. The van der Waals surface area contributed by atoms with Gasteiger partial charge in [-0.3, -0.25) is 0 Å². The summed E-state index contributed by atoms with van der Waals surface area (Å²) < 4.78 is 2.36. The molecular weight excluding hydrogens is 230 g/mol. The number of hydrogen-bond donors (Lipinski definition) is 0. The first-order chi connectivity index (χ1) is 3.79. The molecule has 0 unspecified atom stereocenters. The van der Waals surface area contributed by atoms with E-state index in [9.17, 15) is 0 Å². The van der Waals surface area contributed by atoms with Crippen molar-refractivity contribution in [3.63, 3.8) is 0 Å². The van der Waals surface area contributed by atoms with Gasteiger partial charge >= 0.3 is 65.2 Å². The van der Waals surface area contributed by atoms with Crippen LogP contribution in [0.2, 0.25) is 0 Å². The summed E-state index contributed by atoms with van der Waals surface area (Å²) >= 11 is 5.85. The molecule has 0 aliphatic rings. The molecule has 0 saturated heterocycles. The Balaban J connectivity index is 3.08. The topological polar surface area (TPSA) is 0 Å². The van der Waals surface area contributed by atoms with Gasteiger partial charge in [0.25, 0.3) is 0 Å². The second-order valence-electron chi connectivity index (χ2n) is 1.47. The third kappa shape index (κ3) is 1.64. The van der Waals surface area contributed by atoms with Crippen LogP contribution in [-0.4, -0.2) is 32.0 Å². The summed E-state index contributed by atoms with van der Waals surface area (Å²) in [6.07, 6.45) is 0. The van der Waals surface area contributed by atoms with Crippen LogP contribution in [0.1, 0.15) is 0 Å². The summed E-state index contributed by atoms with van der Waals surface area (Å²) in [6, 6.07) is 8.12. The van der Waals surface area contributed by atoms with E-state index in [4.69, 9.17) is 0 Å². The fourth-order valence-corrected chi connectivity index (χ4v) is 1.71. The van der Waals surface area contributed by atoms with E-state index < -0.39 is 0 Å². The summed E-state index contributed by atoms with van der Waals surface area (Å²) in [4.78, 5) is 0. The van der Waals surface area contributed by atoms with Crippen LogP contribution in [0.5, 0.6) is 0 Å². The van der Waals surface area contributed by atoms with Gasteiger partial charge < -0.3 is 0 Å². The number of benzene rings is 1. The average molecular weight is 234 g/mol. The van der Waals surface area contributed by atoms with Crippen LogP contribution in [0.3, 0.4) is 0 Å². The van der Waals surface area contributed by atoms with Gasteiger partial charge in [-0.1, -0.05) is 0 Å². The van der Waals surface area contributed by atoms with Crippen LogP contribution >= 0.6 is 0 Å². The average Bonchev–Trinajstić information content (AvgIpc) is 1.64. The van der Waals surface area contributed by atoms with Gasteiger partial charge in [-0.05, 0) is 0 Å². The Morgan fingerprint density at radius 3 is 1.75 bits per heavy atom. The number of rotatable bonds is 0. The molecule has 1 aromatic carbocycles. The van der Waals surface area contributed by atoms with Gasteiger partial charge in [0.2, 0.25) is 0 Å². The van der Waals surface area contributed by atoms with Gasteiger partial charge in [-0.2, -0.15) is 0 Å². The molecule has 0 saturated carbocycles. The van der Waals surface area contributed by atoms with Crippen molar-refractivity contribution in [3.05, 3.63) is 24.3 Å². The molecule has 0 bridgehead atoms. The zero-order valence-electron chi connectivity index (χ0n) is 4.13. The van der Waals surface area contributed by atoms with E-state index in [1.807, 2.05) is 18.2 Å². The molecule has 0 aromatic heterocycles. The maximum atomic E-state index is 2.92. The standard InChI is InChI=1S/C6H4Se2/c7-5-2-1-3-6(8)4-5/h1-4H. The predicted octanol–water partition coefficient (Wildman–Crippen LogP) is -0.726. The molecule has 8 heavy (non-hydrogen) atoms. The minimum atomic E-state index is 1.18. The second-order valence-corrected chi connectivity index (χ2v) is 3.45. The van der Waals surface area contributed by atoms with Crippen molar-refractivity contribution in [2.45, 2.75) is 0 Å². The molecule has 40 valence electrons. The molecule has 0 N–H and O–H groups in total. The van der Waals surface area contributed by atoms with Crippen molar-refractivity contribution in [2.75, 3.05) is 0 Å². The molecule has 0 spiro atoms. The molecule has 0 aliphatic carbocycles. The first-order valence-electron chi connectivity index (χ1n) is 2.23. The molecule has 0 fully saturated rings. The van der Waals surface area contributed by atoms with Crippen molar-refractivity contribution in [2.24, 2.45) is 0 Å². The first-order valence-corrected chi connectivity index (χ1v) is 3.94. The van der Waals surface area contributed by atoms with Crippen LogP contribution in [0.4, 0.5) is 0 Å². The van der Waals surface area contributed by atoms with Crippen molar-refractivity contribution >= 4 is 40.9 Å². The molecule has 2 heteroatoms. The van der Waals surface area contributed by atoms with Crippen molar-refractivity contribution < 1.29 is 0 Å². The minimum absolute atomic E-state index is 1.18. The van der Waals surface area contributed by atoms with Gasteiger partial charge in [-0.25, -0.2) is 0 Å². The summed E-state index contributed by atoms with van der Waals surface area (Å²) in [7, 11) is 0. The molecule has 0 heterocycles. The van der Waals surface area contributed by atoms with E-state index in [-0.39, 0.29) is 0 Å². The van der Waals surface area contributed by atoms with E-state index in [1.165, 1.54) is 8.92 Å². The summed E-state index contributed by atoms with van der Waals surface area (Å²) in [5, 5.41) is 0. The molecular formula is C6H4Se2. The van der Waals surface area contributed by atoms with Crippen LogP contribution < -0.4 is 8.92 Å². The van der Waals surface area contributed by atoms with Crippen molar-refractivity contribution in [1.82, 2.24) is 0 Å². The Hall–Kier alpha value is 0.259. The summed E-state index contributed by atoms with van der Waals surface area (Å²) in [5.41, 5.74) is 0. The van der Waals surface area contributed by atoms with Crippen LogP contribution in [-0.2, 0) is 0 Å². The monoisotopic (exact) mass is 236 g/mol. The normalized spacial score (nSPS) is 9.00. The van der Waals surface area contributed by atoms with E-state index >= 15 is 0 Å². The van der Waals surface area contributed by atoms with Crippen molar-refractivity contribution in [3.8, 4) is 0 Å². The van der Waals surface area contributed by atoms with E-state index in [0.29, 0.717) is 0 Å². The third-order valence-corrected chi connectivity index (χ3v) is 1.87. The SMILES string of the molecule is [Se]c1cccc([Se])c1. The van der Waals surface area contributed by atoms with E-state index in [1.54, 1.807) is 0 Å². The fourth-order valence-electron chi connectivity index (χ4n) is 0.474. The van der Waals surface area contributed by atoms with Crippen LogP contribution in [0, 0.1) is 0 Å². The molecule has 0 amide bonds. The fraction of sp³-hybridized carbons (Fsp3) is 0. The quantitative estimate of drug-likeness (QED) is 0.519.